The number of unbranched alkanes of at least 4 members (excludes halogenated alkanes) is 3. The van der Waals surface area contributed by atoms with Crippen LogP contribution < -0.4 is 29.6 Å². The fourth-order valence-electron chi connectivity index (χ4n) is 1.49. The van der Waals surface area contributed by atoms with Crippen molar-refractivity contribution in [1.82, 2.24) is 19.9 Å². The van der Waals surface area contributed by atoms with Crippen LogP contribution in [0.4, 0.5) is 0 Å². The fourth-order valence-corrected chi connectivity index (χ4v) is 2.25. The van der Waals surface area contributed by atoms with Gasteiger partial charge in [0.25, 0.3) is 0 Å². The second-order valence-corrected chi connectivity index (χ2v) is 6.07. The number of aromatic amines is 2. The van der Waals surface area contributed by atoms with E-state index in [9.17, 15) is 13.0 Å². The van der Waals surface area contributed by atoms with Gasteiger partial charge in [0.1, 0.15) is 5.52 Å². The van der Waals surface area contributed by atoms with Crippen LogP contribution in [0.25, 0.3) is 11.2 Å². The zero-order valence-corrected chi connectivity index (χ0v) is 15.8. The van der Waals surface area contributed by atoms with Crippen LogP contribution in [0.2, 0.25) is 0 Å². The molecule has 112 valence electrons. The summed E-state index contributed by atoms with van der Waals surface area (Å²) in [4.78, 5) is 13.6. The maximum atomic E-state index is 10.0. The molecule has 0 aliphatic rings. The topological polar surface area (TPSA) is 115 Å². The average molecular weight is 340 g/mol. The molecule has 0 saturated heterocycles. The maximum Gasteiger partial charge on any atom is 1.00 e. The van der Waals surface area contributed by atoms with E-state index in [1.807, 2.05) is 6.92 Å². The largest absolute Gasteiger partial charge is 1.00 e. The average Bonchev–Trinajstić information content (AvgIpc) is 2.84. The summed E-state index contributed by atoms with van der Waals surface area (Å²) >= 11 is 4.91. The minimum absolute atomic E-state index is 0. The van der Waals surface area contributed by atoms with Gasteiger partial charge < -0.3 is 14.5 Å². The summed E-state index contributed by atoms with van der Waals surface area (Å²) in [6.07, 6.45) is 6.54. The Bertz CT molecular complexity index is 684. The van der Waals surface area contributed by atoms with Crippen LogP contribution in [0.15, 0.2) is 12.7 Å². The molecule has 0 aliphatic carbocycles. The van der Waals surface area contributed by atoms with Crippen molar-refractivity contribution in [2.45, 2.75) is 32.6 Å². The van der Waals surface area contributed by atoms with E-state index >= 15 is 0 Å². The van der Waals surface area contributed by atoms with E-state index in [-0.39, 0.29) is 35.3 Å². The van der Waals surface area contributed by atoms with E-state index in [4.69, 9.17) is 12.2 Å². The Balaban J connectivity index is 0.000000364. The number of aromatic nitrogens is 4. The van der Waals surface area contributed by atoms with Crippen molar-refractivity contribution in [3.63, 3.8) is 0 Å². The number of rotatable bonds is 5. The second-order valence-electron chi connectivity index (χ2n) is 4.16. The van der Waals surface area contributed by atoms with Crippen LogP contribution in [0.3, 0.4) is 0 Å². The molecular weight excluding hydrogens is 323 g/mol. The smallest absolute Gasteiger partial charge is 0.748 e. The third-order valence-electron chi connectivity index (χ3n) is 2.48. The summed E-state index contributed by atoms with van der Waals surface area (Å²) in [5.41, 5.74) is 1.54. The molecule has 2 heterocycles. The number of imidazole rings is 1. The molecule has 7 nitrogen and oxygen atoms in total. The van der Waals surface area contributed by atoms with E-state index in [0.717, 1.165) is 30.4 Å². The normalized spacial score (nSPS) is 10.6. The Hall–Kier alpha value is -0.320. The first-order valence-electron chi connectivity index (χ1n) is 6.24. The van der Waals surface area contributed by atoms with Crippen LogP contribution in [-0.2, 0) is 10.1 Å². The van der Waals surface area contributed by atoms with Gasteiger partial charge in [-0.3, -0.25) is 0 Å². The fraction of sp³-hybridized carbons (Fsp3) is 0.545. The van der Waals surface area contributed by atoms with Crippen molar-refractivity contribution in [3.8, 4) is 0 Å². The van der Waals surface area contributed by atoms with Crippen LogP contribution in [0.1, 0.15) is 32.6 Å². The summed E-state index contributed by atoms with van der Waals surface area (Å²) in [7, 11) is -3.95. The number of nitrogens with one attached hydrogen (secondary N) is 2. The van der Waals surface area contributed by atoms with E-state index in [2.05, 4.69) is 19.9 Å². The first-order chi connectivity index (χ1) is 9.44. The molecule has 2 N–H and O–H groups in total. The molecule has 2 rings (SSSR count). The Morgan fingerprint density at radius 2 is 1.86 bits per heavy atom. The summed E-state index contributed by atoms with van der Waals surface area (Å²) in [5, 5.41) is 0. The first kappa shape index (κ1) is 20.7. The molecule has 10 heteroatoms. The molecule has 0 unspecified atom stereocenters. The molecule has 2 aromatic heterocycles. The maximum absolute atomic E-state index is 10.0. The molecular formula is C11H17N4NaO3S2. The minimum Gasteiger partial charge on any atom is -0.748 e. The Labute approximate surface area is 151 Å². The minimum atomic E-state index is -3.95. The number of hydrogen-bond acceptors (Lipinski definition) is 6. The van der Waals surface area contributed by atoms with Gasteiger partial charge in [0.2, 0.25) is 0 Å². The van der Waals surface area contributed by atoms with Gasteiger partial charge >= 0.3 is 29.6 Å². The molecule has 0 aromatic carbocycles. The molecule has 0 bridgehead atoms. The SMILES string of the molecule is CCCCCCS(=O)(=O)[O-].S=c1nc[nH]c2nc[nH]c12.[Na+]. The first-order valence-corrected chi connectivity index (χ1v) is 8.23. The van der Waals surface area contributed by atoms with Crippen LogP contribution in [-0.4, -0.2) is 38.7 Å². The number of nitrogens with zero attached hydrogens (tertiary/aromatic N) is 2. The van der Waals surface area contributed by atoms with Crippen molar-refractivity contribution in [2.24, 2.45) is 0 Å². The number of hydrogen-bond donors (Lipinski definition) is 2. The van der Waals surface area contributed by atoms with Crippen molar-refractivity contribution in [3.05, 3.63) is 17.3 Å². The van der Waals surface area contributed by atoms with Gasteiger partial charge in [0.15, 0.2) is 10.3 Å². The van der Waals surface area contributed by atoms with Crippen molar-refractivity contribution >= 4 is 33.5 Å². The van der Waals surface area contributed by atoms with E-state index in [1.54, 1.807) is 6.33 Å². The summed E-state index contributed by atoms with van der Waals surface area (Å²) < 4.78 is 30.7. The molecule has 0 spiro atoms. The second kappa shape index (κ2) is 10.4. The number of fused-ring (bicyclic) bond motifs is 1. The Kier molecular flexibility index (Phi) is 10.3. The monoisotopic (exact) mass is 340 g/mol. The van der Waals surface area contributed by atoms with Gasteiger partial charge in [-0.05, 0) is 6.42 Å². The van der Waals surface area contributed by atoms with Crippen LogP contribution in [0, 0.1) is 4.64 Å². The standard InChI is InChI=1S/C6H14O3S.C5H4N4S.Na/c1-2-3-4-5-6-10(7,8)9;10-5-3-4(7-1-6-3)8-2-9-5;/h2-6H2,1H3,(H,7,8,9);1-2H,(H2,6,7,8,9,10);/q;;+1/p-1. The Morgan fingerprint density at radius 1 is 1.19 bits per heavy atom. The van der Waals surface area contributed by atoms with Crippen LogP contribution in [0.5, 0.6) is 0 Å². The predicted molar refractivity (Wildman–Crippen MR) is 77.8 cm³/mol. The molecule has 0 radical (unpaired) electrons. The van der Waals surface area contributed by atoms with Gasteiger partial charge in [0.05, 0.1) is 22.8 Å². The van der Waals surface area contributed by atoms with Gasteiger partial charge in [-0.1, -0.05) is 38.4 Å². The molecule has 21 heavy (non-hydrogen) atoms. The molecule has 0 aliphatic heterocycles. The zero-order valence-electron chi connectivity index (χ0n) is 12.1. The third-order valence-corrected chi connectivity index (χ3v) is 3.58. The van der Waals surface area contributed by atoms with Crippen LogP contribution >= 0.6 is 12.2 Å². The molecule has 0 amide bonds. The number of H-pyrrole nitrogens is 2. The van der Waals surface area contributed by atoms with Gasteiger partial charge in [0, 0.05) is 5.75 Å². The van der Waals surface area contributed by atoms with Crippen molar-refractivity contribution in [1.29, 1.82) is 0 Å². The Morgan fingerprint density at radius 3 is 2.43 bits per heavy atom. The molecule has 0 atom stereocenters. The van der Waals surface area contributed by atoms with Gasteiger partial charge in [-0.15, -0.1) is 0 Å². The molecule has 0 fully saturated rings. The summed E-state index contributed by atoms with van der Waals surface area (Å²) in [6, 6.07) is 0. The molecule has 0 saturated carbocycles. The third kappa shape index (κ3) is 8.64. The van der Waals surface area contributed by atoms with Crippen molar-refractivity contribution < 1.29 is 42.5 Å². The zero-order chi connectivity index (χ0) is 15.0. The van der Waals surface area contributed by atoms with E-state index in [0.29, 0.717) is 11.1 Å². The quantitative estimate of drug-likeness (QED) is 0.316. The summed E-state index contributed by atoms with van der Waals surface area (Å²) in [5.74, 6) is -0.201. The van der Waals surface area contributed by atoms with Crippen molar-refractivity contribution in [2.75, 3.05) is 5.75 Å². The van der Waals surface area contributed by atoms with Gasteiger partial charge in [-0.2, -0.15) is 0 Å². The van der Waals surface area contributed by atoms with E-state index in [1.165, 1.54) is 6.33 Å². The predicted octanol–water partition coefficient (Wildman–Crippen LogP) is -0.869. The molecule has 2 aromatic rings. The summed E-state index contributed by atoms with van der Waals surface area (Å²) in [6.45, 7) is 2.03. The van der Waals surface area contributed by atoms with E-state index < -0.39 is 10.1 Å². The van der Waals surface area contributed by atoms with Gasteiger partial charge in [-0.25, -0.2) is 18.4 Å².